The number of amides is 2. The Bertz CT molecular complexity index is 951. The molecule has 1 aliphatic rings. The molecule has 0 aromatic heterocycles. The van der Waals surface area contributed by atoms with E-state index in [1.807, 2.05) is 49.6 Å². The summed E-state index contributed by atoms with van der Waals surface area (Å²) >= 11 is 1.56. The van der Waals surface area contributed by atoms with Crippen LogP contribution in [-0.4, -0.2) is 53.8 Å². The van der Waals surface area contributed by atoms with Crippen molar-refractivity contribution in [2.45, 2.75) is 44.2 Å². The Morgan fingerprint density at radius 1 is 1.03 bits per heavy atom. The highest BCUT2D eigenvalue weighted by Crippen LogP contribution is 2.44. The highest BCUT2D eigenvalue weighted by molar-refractivity contribution is 7.98. The lowest BCUT2D eigenvalue weighted by molar-refractivity contribution is -0.137. The average Bonchev–Trinajstić information content (AvgIpc) is 3.13. The van der Waals surface area contributed by atoms with Crippen molar-refractivity contribution in [1.82, 2.24) is 10.6 Å². The van der Waals surface area contributed by atoms with Crippen LogP contribution >= 0.6 is 11.8 Å². The standard InChI is InChI=1S/C25H30N2O5S/c1-3-16(14-23(28)29)26-24(30)22(12-13-33-2)27-25(31)32-15-21-19-10-6-4-8-17(19)18-9-5-7-11-20(18)21/h4-11,16,21-22H,3,12-15H2,1-2H3,(H,26,30)(H,27,31)(H,28,29)/t16?,22-/m1/s1. The average molecular weight is 471 g/mol. The van der Waals surface area contributed by atoms with E-state index in [1.165, 1.54) is 0 Å². The second kappa shape index (κ2) is 11.7. The third kappa shape index (κ3) is 6.28. The minimum atomic E-state index is -0.979. The molecule has 1 unspecified atom stereocenters. The Morgan fingerprint density at radius 2 is 1.64 bits per heavy atom. The van der Waals surface area contributed by atoms with Gasteiger partial charge in [0.05, 0.1) is 6.42 Å². The number of carboxylic acids is 1. The molecule has 0 heterocycles. The summed E-state index contributed by atoms with van der Waals surface area (Å²) in [4.78, 5) is 36.4. The molecule has 7 nitrogen and oxygen atoms in total. The number of carbonyl (C=O) groups is 3. The van der Waals surface area contributed by atoms with Gasteiger partial charge in [0.1, 0.15) is 12.6 Å². The number of aliphatic carboxylic acids is 1. The maximum atomic E-state index is 12.7. The van der Waals surface area contributed by atoms with Crippen molar-refractivity contribution in [3.63, 3.8) is 0 Å². The summed E-state index contributed by atoms with van der Waals surface area (Å²) in [5.74, 6) is -0.781. The largest absolute Gasteiger partial charge is 0.481 e. The Balaban J connectivity index is 1.64. The predicted octanol–water partition coefficient (Wildman–Crippen LogP) is 4.02. The predicted molar refractivity (Wildman–Crippen MR) is 129 cm³/mol. The first-order valence-corrected chi connectivity index (χ1v) is 12.5. The molecule has 0 bridgehead atoms. The lowest BCUT2D eigenvalue weighted by Gasteiger charge is -2.22. The van der Waals surface area contributed by atoms with Crippen LogP contribution in [0.25, 0.3) is 11.1 Å². The minimum absolute atomic E-state index is 0.0679. The maximum Gasteiger partial charge on any atom is 0.407 e. The summed E-state index contributed by atoms with van der Waals surface area (Å²) in [7, 11) is 0. The zero-order chi connectivity index (χ0) is 23.8. The van der Waals surface area contributed by atoms with E-state index in [-0.39, 0.29) is 18.9 Å². The number of fused-ring (bicyclic) bond motifs is 3. The summed E-state index contributed by atoms with van der Waals surface area (Å²) < 4.78 is 5.57. The third-order valence-electron chi connectivity index (χ3n) is 5.82. The van der Waals surface area contributed by atoms with Crippen LogP contribution in [0.4, 0.5) is 4.79 Å². The second-order valence-electron chi connectivity index (χ2n) is 8.02. The maximum absolute atomic E-state index is 12.7. The Kier molecular flexibility index (Phi) is 8.77. The van der Waals surface area contributed by atoms with Gasteiger partial charge in [0.2, 0.25) is 5.91 Å². The first-order valence-electron chi connectivity index (χ1n) is 11.1. The van der Waals surface area contributed by atoms with Gasteiger partial charge in [-0.05, 0) is 47.1 Å². The van der Waals surface area contributed by atoms with Gasteiger partial charge >= 0.3 is 12.1 Å². The van der Waals surface area contributed by atoms with E-state index in [2.05, 4.69) is 22.8 Å². The van der Waals surface area contributed by atoms with E-state index in [4.69, 9.17) is 9.84 Å². The van der Waals surface area contributed by atoms with Crippen LogP contribution in [0.15, 0.2) is 48.5 Å². The SMILES string of the molecule is CCC(CC(=O)O)NC(=O)[C@@H](CCSC)NC(=O)OCC1c2ccccc2-c2ccccc21. The number of benzene rings is 2. The third-order valence-corrected chi connectivity index (χ3v) is 6.47. The molecule has 176 valence electrons. The van der Waals surface area contributed by atoms with Crippen molar-refractivity contribution in [3.8, 4) is 11.1 Å². The number of rotatable bonds is 11. The number of ether oxygens (including phenoxy) is 1. The van der Waals surface area contributed by atoms with E-state index < -0.39 is 30.1 Å². The summed E-state index contributed by atoms with van der Waals surface area (Å²) in [6.07, 6.45) is 1.99. The van der Waals surface area contributed by atoms with Crippen LogP contribution in [0.3, 0.4) is 0 Å². The fraction of sp³-hybridized carbons (Fsp3) is 0.400. The fourth-order valence-electron chi connectivity index (χ4n) is 4.10. The van der Waals surface area contributed by atoms with Gasteiger partial charge in [-0.3, -0.25) is 9.59 Å². The quantitative estimate of drug-likeness (QED) is 0.458. The molecule has 8 heteroatoms. The molecule has 0 saturated heterocycles. The minimum Gasteiger partial charge on any atom is -0.481 e. The van der Waals surface area contributed by atoms with Crippen LogP contribution in [0.1, 0.15) is 43.2 Å². The summed E-state index contributed by atoms with van der Waals surface area (Å²) in [6.45, 7) is 1.97. The molecule has 3 N–H and O–H groups in total. The zero-order valence-corrected chi connectivity index (χ0v) is 19.7. The molecule has 2 amide bonds. The van der Waals surface area contributed by atoms with E-state index in [0.717, 1.165) is 22.3 Å². The summed E-state index contributed by atoms with van der Waals surface area (Å²) in [5.41, 5.74) is 4.51. The van der Waals surface area contributed by atoms with Gasteiger partial charge in [-0.1, -0.05) is 55.5 Å². The number of hydrogen-bond acceptors (Lipinski definition) is 5. The molecule has 0 aliphatic heterocycles. The van der Waals surface area contributed by atoms with Crippen LogP contribution < -0.4 is 10.6 Å². The van der Waals surface area contributed by atoms with Gasteiger partial charge in [0.25, 0.3) is 0 Å². The molecule has 0 saturated carbocycles. The Labute approximate surface area is 198 Å². The molecule has 2 aromatic rings. The molecule has 0 radical (unpaired) electrons. The van der Waals surface area contributed by atoms with Gasteiger partial charge in [0, 0.05) is 12.0 Å². The first kappa shape index (κ1) is 24.6. The van der Waals surface area contributed by atoms with Gasteiger partial charge in [-0.25, -0.2) is 4.79 Å². The van der Waals surface area contributed by atoms with E-state index in [1.54, 1.807) is 11.8 Å². The van der Waals surface area contributed by atoms with E-state index in [0.29, 0.717) is 18.6 Å². The normalized spacial score (nSPS) is 14.0. The van der Waals surface area contributed by atoms with Crippen molar-refractivity contribution in [1.29, 1.82) is 0 Å². The lowest BCUT2D eigenvalue weighted by atomic mass is 9.98. The fourth-order valence-corrected chi connectivity index (χ4v) is 4.57. The van der Waals surface area contributed by atoms with Crippen LogP contribution in [-0.2, 0) is 14.3 Å². The van der Waals surface area contributed by atoms with Crippen LogP contribution in [0.2, 0.25) is 0 Å². The molecular weight excluding hydrogens is 440 g/mol. The zero-order valence-electron chi connectivity index (χ0n) is 18.9. The molecular formula is C25H30N2O5S. The molecule has 3 rings (SSSR count). The Hall–Kier alpha value is -3.00. The summed E-state index contributed by atoms with van der Waals surface area (Å²) in [6, 6.07) is 14.9. The molecule has 0 spiro atoms. The highest BCUT2D eigenvalue weighted by Gasteiger charge is 2.30. The topological polar surface area (TPSA) is 105 Å². The van der Waals surface area contributed by atoms with Crippen molar-refractivity contribution < 1.29 is 24.2 Å². The van der Waals surface area contributed by atoms with Crippen molar-refractivity contribution in [2.75, 3.05) is 18.6 Å². The van der Waals surface area contributed by atoms with Crippen LogP contribution in [0, 0.1) is 0 Å². The highest BCUT2D eigenvalue weighted by atomic mass is 32.2. The molecule has 2 atom stereocenters. The smallest absolute Gasteiger partial charge is 0.407 e. The van der Waals surface area contributed by atoms with Gasteiger partial charge in [-0.2, -0.15) is 11.8 Å². The molecule has 33 heavy (non-hydrogen) atoms. The number of alkyl carbamates (subject to hydrolysis) is 1. The van der Waals surface area contributed by atoms with Gasteiger partial charge in [0.15, 0.2) is 0 Å². The van der Waals surface area contributed by atoms with Gasteiger partial charge < -0.3 is 20.5 Å². The number of carboxylic acid groups (broad SMARTS) is 1. The van der Waals surface area contributed by atoms with E-state index >= 15 is 0 Å². The summed E-state index contributed by atoms with van der Waals surface area (Å²) in [5, 5.41) is 14.4. The lowest BCUT2D eigenvalue weighted by Crippen LogP contribution is -2.50. The number of carbonyl (C=O) groups excluding carboxylic acids is 2. The second-order valence-corrected chi connectivity index (χ2v) is 9.00. The van der Waals surface area contributed by atoms with Crippen molar-refractivity contribution in [3.05, 3.63) is 59.7 Å². The van der Waals surface area contributed by atoms with E-state index in [9.17, 15) is 14.4 Å². The number of thioether (sulfide) groups is 1. The number of nitrogens with one attached hydrogen (secondary N) is 2. The van der Waals surface area contributed by atoms with Crippen LogP contribution in [0.5, 0.6) is 0 Å². The molecule has 2 aromatic carbocycles. The Morgan fingerprint density at radius 3 is 2.18 bits per heavy atom. The number of hydrogen-bond donors (Lipinski definition) is 3. The monoisotopic (exact) mass is 470 g/mol. The molecule has 0 fully saturated rings. The molecule has 1 aliphatic carbocycles. The first-order chi connectivity index (χ1) is 15.9. The van der Waals surface area contributed by atoms with Gasteiger partial charge in [-0.15, -0.1) is 0 Å². The van der Waals surface area contributed by atoms with Crippen molar-refractivity contribution in [2.24, 2.45) is 0 Å². The van der Waals surface area contributed by atoms with Crippen molar-refractivity contribution >= 4 is 29.7 Å².